The van der Waals surface area contributed by atoms with E-state index in [0.717, 1.165) is 31.1 Å². The summed E-state index contributed by atoms with van der Waals surface area (Å²) in [4.78, 5) is 2.34. The molecule has 0 fully saturated rings. The molecule has 1 atom stereocenters. The molecule has 2 aliphatic rings. The number of nitrogens with one attached hydrogen (secondary N) is 1. The summed E-state index contributed by atoms with van der Waals surface area (Å²) in [7, 11) is 2.16. The van der Waals surface area contributed by atoms with Crippen LogP contribution in [0.25, 0.3) is 0 Å². The van der Waals surface area contributed by atoms with Crippen molar-refractivity contribution in [2.45, 2.75) is 12.3 Å². The fraction of sp³-hybridized carbons (Fsp3) is 0.500. The fourth-order valence-corrected chi connectivity index (χ4v) is 3.10. The molecule has 1 aromatic rings. The van der Waals surface area contributed by atoms with Crippen molar-refractivity contribution in [1.29, 1.82) is 0 Å². The van der Waals surface area contributed by atoms with Gasteiger partial charge in [-0.25, -0.2) is 0 Å². The van der Waals surface area contributed by atoms with Crippen LogP contribution in [0.5, 0.6) is 0 Å². The van der Waals surface area contributed by atoms with Gasteiger partial charge in [0, 0.05) is 36.8 Å². The zero-order chi connectivity index (χ0) is 10.4. The number of hydrogen-bond acceptors (Lipinski definition) is 2. The molecule has 0 bridgehead atoms. The Labute approximate surface area is 95.2 Å². The Kier molecular flexibility index (Phi) is 2.15. The van der Waals surface area contributed by atoms with Gasteiger partial charge in [0.2, 0.25) is 0 Å². The first-order chi connectivity index (χ1) is 7.27. The lowest BCUT2D eigenvalue weighted by Crippen LogP contribution is -2.24. The maximum atomic E-state index is 6.28. The van der Waals surface area contributed by atoms with Gasteiger partial charge < -0.3 is 10.2 Å². The molecular weight excluding hydrogens is 208 g/mol. The zero-order valence-corrected chi connectivity index (χ0v) is 9.64. The van der Waals surface area contributed by atoms with Gasteiger partial charge in [-0.15, -0.1) is 0 Å². The van der Waals surface area contributed by atoms with Crippen molar-refractivity contribution in [1.82, 2.24) is 5.32 Å². The van der Waals surface area contributed by atoms with Gasteiger partial charge in [-0.05, 0) is 36.2 Å². The lowest BCUT2D eigenvalue weighted by Gasteiger charge is -2.14. The third-order valence-electron chi connectivity index (χ3n) is 3.53. The van der Waals surface area contributed by atoms with Crippen LogP contribution in [-0.2, 0) is 6.42 Å². The minimum atomic E-state index is 0.626. The molecule has 3 heteroatoms. The van der Waals surface area contributed by atoms with Gasteiger partial charge in [-0.2, -0.15) is 0 Å². The number of anilines is 1. The monoisotopic (exact) mass is 222 g/mol. The molecule has 0 aromatic heterocycles. The van der Waals surface area contributed by atoms with Gasteiger partial charge in [0.25, 0.3) is 0 Å². The van der Waals surface area contributed by atoms with Crippen LogP contribution in [0.4, 0.5) is 5.69 Å². The van der Waals surface area contributed by atoms with Gasteiger partial charge in [-0.3, -0.25) is 0 Å². The van der Waals surface area contributed by atoms with Crippen molar-refractivity contribution in [3.05, 3.63) is 28.3 Å². The van der Waals surface area contributed by atoms with E-state index in [-0.39, 0.29) is 0 Å². The minimum absolute atomic E-state index is 0.626. The van der Waals surface area contributed by atoms with E-state index in [1.54, 1.807) is 0 Å². The molecule has 0 aliphatic carbocycles. The summed E-state index contributed by atoms with van der Waals surface area (Å²) in [6.45, 7) is 3.26. The third-order valence-corrected chi connectivity index (χ3v) is 3.89. The van der Waals surface area contributed by atoms with Crippen molar-refractivity contribution in [2.75, 3.05) is 31.6 Å². The second kappa shape index (κ2) is 3.39. The van der Waals surface area contributed by atoms with Crippen molar-refractivity contribution in [3.63, 3.8) is 0 Å². The molecular formula is C12H15ClN2. The van der Waals surface area contributed by atoms with Crippen LogP contribution >= 0.6 is 11.6 Å². The van der Waals surface area contributed by atoms with E-state index in [1.807, 2.05) is 6.07 Å². The van der Waals surface area contributed by atoms with Crippen LogP contribution in [-0.4, -0.2) is 26.7 Å². The molecule has 2 heterocycles. The molecule has 15 heavy (non-hydrogen) atoms. The van der Waals surface area contributed by atoms with Crippen molar-refractivity contribution in [3.8, 4) is 0 Å². The smallest absolute Gasteiger partial charge is 0.0442 e. The van der Waals surface area contributed by atoms with Gasteiger partial charge in [-0.1, -0.05) is 11.6 Å². The maximum Gasteiger partial charge on any atom is 0.0442 e. The number of likely N-dealkylation sites (N-methyl/N-ethyl adjacent to an activating group) is 1. The molecule has 0 amide bonds. The molecule has 1 unspecified atom stereocenters. The zero-order valence-electron chi connectivity index (χ0n) is 8.89. The third kappa shape index (κ3) is 1.35. The Balaban J connectivity index is 2.21. The van der Waals surface area contributed by atoms with Crippen LogP contribution in [0, 0.1) is 0 Å². The Bertz CT molecular complexity index is 403. The highest BCUT2D eigenvalue weighted by Crippen LogP contribution is 2.41. The molecule has 1 N–H and O–H groups in total. The van der Waals surface area contributed by atoms with Crippen LogP contribution < -0.4 is 10.2 Å². The van der Waals surface area contributed by atoms with E-state index < -0.39 is 0 Å². The normalized spacial score (nSPS) is 23.9. The van der Waals surface area contributed by atoms with Crippen LogP contribution in [0.2, 0.25) is 5.02 Å². The van der Waals surface area contributed by atoms with E-state index in [4.69, 9.17) is 11.6 Å². The number of benzene rings is 1. The number of rotatable bonds is 0. The largest absolute Gasteiger partial charge is 0.374 e. The molecule has 0 radical (unpaired) electrons. The van der Waals surface area contributed by atoms with E-state index >= 15 is 0 Å². The highest BCUT2D eigenvalue weighted by molar-refractivity contribution is 6.31. The molecule has 0 saturated heterocycles. The summed E-state index contributed by atoms with van der Waals surface area (Å²) in [5.41, 5.74) is 4.24. The molecule has 0 saturated carbocycles. The Morgan fingerprint density at radius 1 is 1.47 bits per heavy atom. The Morgan fingerprint density at radius 2 is 2.33 bits per heavy atom. The average molecular weight is 223 g/mol. The molecule has 0 spiro atoms. The van der Waals surface area contributed by atoms with Crippen LogP contribution in [0.15, 0.2) is 12.1 Å². The SMILES string of the molecule is CN1CC2CNCCc3c(Cl)ccc1c32. The van der Waals surface area contributed by atoms with Gasteiger partial charge in [0.1, 0.15) is 0 Å². The van der Waals surface area contributed by atoms with Crippen LogP contribution in [0.1, 0.15) is 17.0 Å². The van der Waals surface area contributed by atoms with Gasteiger partial charge >= 0.3 is 0 Å². The predicted molar refractivity (Wildman–Crippen MR) is 64.0 cm³/mol. The van der Waals surface area contributed by atoms with Gasteiger partial charge in [0.15, 0.2) is 0 Å². The topological polar surface area (TPSA) is 15.3 Å². The second-order valence-electron chi connectivity index (χ2n) is 4.49. The number of nitrogens with zero attached hydrogens (tertiary/aromatic N) is 1. The van der Waals surface area contributed by atoms with Crippen molar-refractivity contribution in [2.24, 2.45) is 0 Å². The Morgan fingerprint density at radius 3 is 3.20 bits per heavy atom. The first-order valence-electron chi connectivity index (χ1n) is 5.50. The molecule has 3 rings (SSSR count). The fourth-order valence-electron chi connectivity index (χ4n) is 2.84. The van der Waals surface area contributed by atoms with Crippen LogP contribution in [0.3, 0.4) is 0 Å². The number of hydrogen-bond donors (Lipinski definition) is 1. The van der Waals surface area contributed by atoms with Crippen molar-refractivity contribution < 1.29 is 0 Å². The van der Waals surface area contributed by atoms with E-state index in [9.17, 15) is 0 Å². The lowest BCUT2D eigenvalue weighted by atomic mass is 9.95. The molecule has 1 aromatic carbocycles. The summed E-state index contributed by atoms with van der Waals surface area (Å²) in [6.07, 6.45) is 1.06. The molecule has 2 nitrogen and oxygen atoms in total. The highest BCUT2D eigenvalue weighted by atomic mass is 35.5. The summed E-state index contributed by atoms with van der Waals surface area (Å²) in [5, 5.41) is 4.43. The van der Waals surface area contributed by atoms with E-state index in [2.05, 4.69) is 23.3 Å². The van der Waals surface area contributed by atoms with E-state index in [0.29, 0.717) is 5.92 Å². The summed E-state index contributed by atoms with van der Waals surface area (Å²) in [6, 6.07) is 4.20. The molecule has 80 valence electrons. The average Bonchev–Trinajstić information content (AvgIpc) is 2.43. The second-order valence-corrected chi connectivity index (χ2v) is 4.90. The van der Waals surface area contributed by atoms with E-state index in [1.165, 1.54) is 16.8 Å². The molecule has 2 aliphatic heterocycles. The minimum Gasteiger partial charge on any atom is -0.374 e. The maximum absolute atomic E-state index is 6.28. The van der Waals surface area contributed by atoms with Crippen molar-refractivity contribution >= 4 is 17.3 Å². The Hall–Kier alpha value is -0.730. The first kappa shape index (κ1) is 9.49. The first-order valence-corrected chi connectivity index (χ1v) is 5.88. The predicted octanol–water partition coefficient (Wildman–Crippen LogP) is 2.02. The summed E-state index contributed by atoms with van der Waals surface area (Å²) >= 11 is 6.28. The number of halogens is 1. The summed E-state index contributed by atoms with van der Waals surface area (Å²) < 4.78 is 0. The summed E-state index contributed by atoms with van der Waals surface area (Å²) in [5.74, 6) is 0.626. The standard InChI is InChI=1S/C12H15ClN2/c1-15-7-8-6-14-5-4-9-10(13)2-3-11(15)12(8)9/h2-3,8,14H,4-7H2,1H3. The lowest BCUT2D eigenvalue weighted by molar-refractivity contribution is 0.625. The highest BCUT2D eigenvalue weighted by Gasteiger charge is 2.30. The van der Waals surface area contributed by atoms with Gasteiger partial charge in [0.05, 0.1) is 0 Å². The quantitative estimate of drug-likeness (QED) is 0.723.